The molecule has 0 aromatic heterocycles. The predicted octanol–water partition coefficient (Wildman–Crippen LogP) is 2.35. The third-order valence-electron chi connectivity index (χ3n) is 3.51. The molecule has 1 aliphatic rings. The van der Waals surface area contributed by atoms with Crippen molar-refractivity contribution in [3.05, 3.63) is 28.2 Å². The van der Waals surface area contributed by atoms with Gasteiger partial charge >= 0.3 is 0 Å². The molecule has 5 heteroatoms. The van der Waals surface area contributed by atoms with Crippen molar-refractivity contribution in [3.8, 4) is 5.75 Å². The second-order valence-electron chi connectivity index (χ2n) is 4.85. The standard InChI is InChI=1S/C14H18BrNO3/c1-19-12-6-10(5-11(15)7-12)14(18)16-8-9-3-2-4-13(9)17/h5-7,9,13,17H,2-4,8H2,1H3,(H,16,18)/t9-,13+/m1/s1. The lowest BCUT2D eigenvalue weighted by molar-refractivity contribution is 0.0916. The van der Waals surface area contributed by atoms with Crippen molar-refractivity contribution < 1.29 is 14.6 Å². The van der Waals surface area contributed by atoms with E-state index in [0.29, 0.717) is 17.9 Å². The molecule has 2 rings (SSSR count). The van der Waals surface area contributed by atoms with Gasteiger partial charge in [-0.05, 0) is 31.0 Å². The molecule has 1 fully saturated rings. The third kappa shape index (κ3) is 3.70. The van der Waals surface area contributed by atoms with Gasteiger partial charge in [0.15, 0.2) is 0 Å². The van der Waals surface area contributed by atoms with E-state index in [-0.39, 0.29) is 17.9 Å². The SMILES string of the molecule is COc1cc(Br)cc(C(=O)NC[C@H]2CCC[C@@H]2O)c1. The van der Waals surface area contributed by atoms with Crippen LogP contribution in [0.3, 0.4) is 0 Å². The fourth-order valence-corrected chi connectivity index (χ4v) is 2.87. The number of nitrogens with one attached hydrogen (secondary N) is 1. The Hall–Kier alpha value is -1.07. The molecular weight excluding hydrogens is 310 g/mol. The Morgan fingerprint density at radius 2 is 2.26 bits per heavy atom. The molecular formula is C14H18BrNO3. The number of carbonyl (C=O) groups is 1. The molecule has 1 saturated carbocycles. The van der Waals surface area contributed by atoms with Gasteiger partial charge in [0.2, 0.25) is 0 Å². The van der Waals surface area contributed by atoms with E-state index in [4.69, 9.17) is 4.74 Å². The largest absolute Gasteiger partial charge is 0.497 e. The summed E-state index contributed by atoms with van der Waals surface area (Å²) in [6, 6.07) is 5.26. The van der Waals surface area contributed by atoms with Crippen molar-refractivity contribution in [2.45, 2.75) is 25.4 Å². The van der Waals surface area contributed by atoms with Crippen LogP contribution in [-0.2, 0) is 0 Å². The number of methoxy groups -OCH3 is 1. The van der Waals surface area contributed by atoms with Crippen molar-refractivity contribution in [3.63, 3.8) is 0 Å². The van der Waals surface area contributed by atoms with Crippen LogP contribution < -0.4 is 10.1 Å². The summed E-state index contributed by atoms with van der Waals surface area (Å²) in [5, 5.41) is 12.6. The highest BCUT2D eigenvalue weighted by atomic mass is 79.9. The summed E-state index contributed by atoms with van der Waals surface area (Å²) in [5.74, 6) is 0.678. The van der Waals surface area contributed by atoms with Gasteiger partial charge in [0.25, 0.3) is 5.91 Å². The summed E-state index contributed by atoms with van der Waals surface area (Å²) in [7, 11) is 1.57. The van der Waals surface area contributed by atoms with Crippen molar-refractivity contribution in [2.75, 3.05) is 13.7 Å². The zero-order chi connectivity index (χ0) is 13.8. The monoisotopic (exact) mass is 327 g/mol. The first-order chi connectivity index (χ1) is 9.10. The Bertz CT molecular complexity index is 464. The number of aliphatic hydroxyl groups excluding tert-OH is 1. The van der Waals surface area contributed by atoms with Crippen LogP contribution in [-0.4, -0.2) is 30.8 Å². The van der Waals surface area contributed by atoms with E-state index < -0.39 is 0 Å². The number of hydrogen-bond acceptors (Lipinski definition) is 3. The summed E-state index contributed by atoms with van der Waals surface area (Å²) in [5.41, 5.74) is 0.554. The number of halogens is 1. The predicted molar refractivity (Wildman–Crippen MR) is 76.4 cm³/mol. The first kappa shape index (κ1) is 14.3. The Labute approximate surface area is 121 Å². The van der Waals surface area contributed by atoms with E-state index in [2.05, 4.69) is 21.2 Å². The maximum atomic E-state index is 12.1. The Morgan fingerprint density at radius 3 is 2.89 bits per heavy atom. The summed E-state index contributed by atoms with van der Waals surface area (Å²) in [6.45, 7) is 0.523. The van der Waals surface area contributed by atoms with Gasteiger partial charge in [-0.15, -0.1) is 0 Å². The highest BCUT2D eigenvalue weighted by Gasteiger charge is 2.25. The first-order valence-electron chi connectivity index (χ1n) is 6.41. The minimum atomic E-state index is -0.280. The van der Waals surface area contributed by atoms with Crippen LogP contribution in [0.4, 0.5) is 0 Å². The van der Waals surface area contributed by atoms with E-state index in [0.717, 1.165) is 23.7 Å². The molecule has 0 saturated heterocycles. The number of benzene rings is 1. The van der Waals surface area contributed by atoms with Crippen LogP contribution in [0.25, 0.3) is 0 Å². The summed E-state index contributed by atoms with van der Waals surface area (Å²) in [4.78, 5) is 12.1. The van der Waals surface area contributed by atoms with Crippen molar-refractivity contribution >= 4 is 21.8 Å². The van der Waals surface area contributed by atoms with E-state index >= 15 is 0 Å². The van der Waals surface area contributed by atoms with Crippen molar-refractivity contribution in [1.82, 2.24) is 5.32 Å². The molecule has 0 aliphatic heterocycles. The van der Waals surface area contributed by atoms with Crippen LogP contribution in [0.5, 0.6) is 5.75 Å². The molecule has 2 atom stereocenters. The normalized spacial score (nSPS) is 22.3. The minimum Gasteiger partial charge on any atom is -0.497 e. The van der Waals surface area contributed by atoms with Gasteiger partial charge in [0, 0.05) is 22.5 Å². The molecule has 1 aromatic carbocycles. The number of hydrogen-bond donors (Lipinski definition) is 2. The van der Waals surface area contributed by atoms with Crippen LogP contribution in [0.2, 0.25) is 0 Å². The number of rotatable bonds is 4. The average Bonchev–Trinajstić information content (AvgIpc) is 2.80. The molecule has 1 amide bonds. The third-order valence-corrected chi connectivity index (χ3v) is 3.97. The molecule has 19 heavy (non-hydrogen) atoms. The van der Waals surface area contributed by atoms with E-state index in [1.165, 1.54) is 0 Å². The molecule has 4 nitrogen and oxygen atoms in total. The van der Waals surface area contributed by atoms with Gasteiger partial charge < -0.3 is 15.2 Å². The molecule has 1 aliphatic carbocycles. The highest BCUT2D eigenvalue weighted by Crippen LogP contribution is 2.25. The maximum absolute atomic E-state index is 12.1. The minimum absolute atomic E-state index is 0.140. The molecule has 0 radical (unpaired) electrons. The summed E-state index contributed by atoms with van der Waals surface area (Å²) in [6.07, 6.45) is 2.57. The number of amides is 1. The van der Waals surface area contributed by atoms with Gasteiger partial charge in [0.1, 0.15) is 5.75 Å². The molecule has 0 heterocycles. The molecule has 0 unspecified atom stereocenters. The molecule has 1 aromatic rings. The van der Waals surface area contributed by atoms with Gasteiger partial charge in [-0.1, -0.05) is 22.4 Å². The quantitative estimate of drug-likeness (QED) is 0.892. The van der Waals surface area contributed by atoms with Crippen LogP contribution >= 0.6 is 15.9 Å². The average molecular weight is 328 g/mol. The van der Waals surface area contributed by atoms with Gasteiger partial charge in [0.05, 0.1) is 13.2 Å². The summed E-state index contributed by atoms with van der Waals surface area (Å²) >= 11 is 3.35. The lowest BCUT2D eigenvalue weighted by atomic mass is 10.1. The molecule has 0 bridgehead atoms. The second-order valence-corrected chi connectivity index (χ2v) is 5.76. The number of aliphatic hydroxyl groups is 1. The van der Waals surface area contributed by atoms with Gasteiger partial charge in [-0.3, -0.25) is 4.79 Å². The fraction of sp³-hybridized carbons (Fsp3) is 0.500. The maximum Gasteiger partial charge on any atom is 0.251 e. The van der Waals surface area contributed by atoms with E-state index in [1.807, 2.05) is 0 Å². The van der Waals surface area contributed by atoms with Crippen LogP contribution in [0.1, 0.15) is 29.6 Å². The van der Waals surface area contributed by atoms with Gasteiger partial charge in [-0.25, -0.2) is 0 Å². The molecule has 0 spiro atoms. The molecule has 104 valence electrons. The van der Waals surface area contributed by atoms with E-state index in [9.17, 15) is 9.90 Å². The van der Waals surface area contributed by atoms with Crippen molar-refractivity contribution in [2.24, 2.45) is 5.92 Å². The Kier molecular flexibility index (Phi) is 4.82. The lowest BCUT2D eigenvalue weighted by Gasteiger charge is -2.15. The second kappa shape index (κ2) is 6.39. The van der Waals surface area contributed by atoms with Gasteiger partial charge in [-0.2, -0.15) is 0 Å². The zero-order valence-corrected chi connectivity index (χ0v) is 12.4. The van der Waals surface area contributed by atoms with Crippen molar-refractivity contribution in [1.29, 1.82) is 0 Å². The smallest absolute Gasteiger partial charge is 0.251 e. The summed E-state index contributed by atoms with van der Waals surface area (Å²) < 4.78 is 5.93. The number of carbonyl (C=O) groups excluding carboxylic acids is 1. The highest BCUT2D eigenvalue weighted by molar-refractivity contribution is 9.10. The van der Waals surface area contributed by atoms with Crippen LogP contribution in [0, 0.1) is 5.92 Å². The Balaban J connectivity index is 1.97. The first-order valence-corrected chi connectivity index (χ1v) is 7.20. The van der Waals surface area contributed by atoms with Crippen LogP contribution in [0.15, 0.2) is 22.7 Å². The fourth-order valence-electron chi connectivity index (χ4n) is 2.39. The number of ether oxygens (including phenoxy) is 1. The molecule has 2 N–H and O–H groups in total. The zero-order valence-electron chi connectivity index (χ0n) is 10.9. The topological polar surface area (TPSA) is 58.6 Å². The van der Waals surface area contributed by atoms with E-state index in [1.54, 1.807) is 25.3 Å². The lowest BCUT2D eigenvalue weighted by Crippen LogP contribution is -2.32. The Morgan fingerprint density at radius 1 is 1.47 bits per heavy atom.